The Morgan fingerprint density at radius 2 is 1.70 bits per heavy atom. The van der Waals surface area contributed by atoms with Gasteiger partial charge in [0.05, 0.1) is 12.1 Å². The Balaban J connectivity index is 1.64. The highest BCUT2D eigenvalue weighted by Gasteiger charge is 2.30. The third-order valence-corrected chi connectivity index (χ3v) is 4.03. The van der Waals surface area contributed by atoms with Gasteiger partial charge < -0.3 is 0 Å². The SMILES string of the molecule is O=C(CN(CC1CC1)CC1CC1)c1ccc(F)cc1F. The van der Waals surface area contributed by atoms with E-state index in [0.29, 0.717) is 11.8 Å². The summed E-state index contributed by atoms with van der Waals surface area (Å²) in [4.78, 5) is 14.3. The summed E-state index contributed by atoms with van der Waals surface area (Å²) >= 11 is 0. The third kappa shape index (κ3) is 3.63. The van der Waals surface area contributed by atoms with Crippen LogP contribution < -0.4 is 0 Å². The average molecular weight is 279 g/mol. The van der Waals surface area contributed by atoms with E-state index in [2.05, 4.69) is 4.90 Å². The number of nitrogens with zero attached hydrogens (tertiary/aromatic N) is 1. The summed E-state index contributed by atoms with van der Waals surface area (Å²) in [6, 6.07) is 3.17. The Labute approximate surface area is 117 Å². The van der Waals surface area contributed by atoms with Gasteiger partial charge in [0, 0.05) is 19.2 Å². The smallest absolute Gasteiger partial charge is 0.179 e. The molecule has 2 fully saturated rings. The minimum atomic E-state index is -0.757. The number of ketones is 1. The Kier molecular flexibility index (Phi) is 3.83. The molecular weight excluding hydrogens is 260 g/mol. The molecule has 0 atom stereocenters. The molecule has 0 bridgehead atoms. The zero-order valence-corrected chi connectivity index (χ0v) is 11.4. The van der Waals surface area contributed by atoms with Gasteiger partial charge in [0.2, 0.25) is 0 Å². The lowest BCUT2D eigenvalue weighted by molar-refractivity contribution is 0.0919. The Morgan fingerprint density at radius 1 is 1.10 bits per heavy atom. The fourth-order valence-corrected chi connectivity index (χ4v) is 2.54. The van der Waals surface area contributed by atoms with Crippen LogP contribution in [0.5, 0.6) is 0 Å². The van der Waals surface area contributed by atoms with Gasteiger partial charge in [0.25, 0.3) is 0 Å². The van der Waals surface area contributed by atoms with E-state index in [1.807, 2.05) is 0 Å². The molecule has 3 rings (SSSR count). The minimum Gasteiger partial charge on any atom is -0.295 e. The molecule has 2 aliphatic carbocycles. The van der Waals surface area contributed by atoms with Gasteiger partial charge in [0.1, 0.15) is 11.6 Å². The van der Waals surface area contributed by atoms with Crippen molar-refractivity contribution in [3.63, 3.8) is 0 Å². The van der Waals surface area contributed by atoms with Crippen molar-refractivity contribution in [2.45, 2.75) is 25.7 Å². The highest BCUT2D eigenvalue weighted by molar-refractivity contribution is 5.97. The zero-order chi connectivity index (χ0) is 14.1. The number of carbonyl (C=O) groups excluding carboxylic acids is 1. The standard InChI is InChI=1S/C16H19F2NO/c17-13-5-6-14(15(18)7-13)16(20)10-19(8-11-1-2-11)9-12-3-4-12/h5-7,11-12H,1-4,8-10H2. The first-order valence-corrected chi connectivity index (χ1v) is 7.32. The predicted octanol–water partition coefficient (Wildman–Crippen LogP) is 3.27. The van der Waals surface area contributed by atoms with Crippen LogP contribution in [0.25, 0.3) is 0 Å². The lowest BCUT2D eigenvalue weighted by Gasteiger charge is -2.21. The van der Waals surface area contributed by atoms with E-state index in [-0.39, 0.29) is 17.9 Å². The average Bonchev–Trinajstić information content (AvgIpc) is 3.24. The van der Waals surface area contributed by atoms with E-state index in [1.54, 1.807) is 0 Å². The van der Waals surface area contributed by atoms with Crippen molar-refractivity contribution >= 4 is 5.78 Å². The molecule has 0 spiro atoms. The first-order chi connectivity index (χ1) is 9.61. The van der Waals surface area contributed by atoms with Crippen LogP contribution in [-0.4, -0.2) is 30.3 Å². The predicted molar refractivity (Wildman–Crippen MR) is 72.6 cm³/mol. The number of rotatable bonds is 7. The third-order valence-electron chi connectivity index (χ3n) is 4.03. The lowest BCUT2D eigenvalue weighted by Crippen LogP contribution is -2.34. The molecule has 0 unspecified atom stereocenters. The first kappa shape index (κ1) is 13.7. The van der Waals surface area contributed by atoms with E-state index in [4.69, 9.17) is 0 Å². The Hall–Kier alpha value is -1.29. The van der Waals surface area contributed by atoms with Gasteiger partial charge in [-0.1, -0.05) is 0 Å². The van der Waals surface area contributed by atoms with E-state index in [0.717, 1.165) is 25.2 Å². The second-order valence-electron chi connectivity index (χ2n) is 6.13. The minimum absolute atomic E-state index is 0.00277. The number of hydrogen-bond acceptors (Lipinski definition) is 2. The maximum atomic E-state index is 13.6. The highest BCUT2D eigenvalue weighted by atomic mass is 19.1. The summed E-state index contributed by atoms with van der Waals surface area (Å²) in [5, 5.41) is 0. The van der Waals surface area contributed by atoms with Crippen LogP contribution in [0.2, 0.25) is 0 Å². The lowest BCUT2D eigenvalue weighted by atomic mass is 10.1. The number of halogens is 2. The second-order valence-corrected chi connectivity index (χ2v) is 6.13. The van der Waals surface area contributed by atoms with Crippen molar-refractivity contribution in [1.82, 2.24) is 4.90 Å². The fraction of sp³-hybridized carbons (Fsp3) is 0.562. The molecule has 20 heavy (non-hydrogen) atoms. The van der Waals surface area contributed by atoms with Crippen LogP contribution in [0.3, 0.4) is 0 Å². The molecule has 2 aliphatic rings. The van der Waals surface area contributed by atoms with Crippen LogP contribution in [0.15, 0.2) is 18.2 Å². The van der Waals surface area contributed by atoms with Crippen LogP contribution in [-0.2, 0) is 0 Å². The normalized spacial score (nSPS) is 18.6. The van der Waals surface area contributed by atoms with E-state index >= 15 is 0 Å². The van der Waals surface area contributed by atoms with Crippen molar-refractivity contribution in [2.75, 3.05) is 19.6 Å². The summed E-state index contributed by atoms with van der Waals surface area (Å²) in [5.74, 6) is -0.234. The summed E-state index contributed by atoms with van der Waals surface area (Å²) in [6.07, 6.45) is 4.95. The summed E-state index contributed by atoms with van der Waals surface area (Å²) in [5.41, 5.74) is 0.00277. The second kappa shape index (κ2) is 5.60. The van der Waals surface area contributed by atoms with Crippen LogP contribution >= 0.6 is 0 Å². The van der Waals surface area contributed by atoms with Gasteiger partial charge >= 0.3 is 0 Å². The molecule has 2 saturated carbocycles. The molecule has 0 aromatic heterocycles. The van der Waals surface area contributed by atoms with Crippen molar-refractivity contribution < 1.29 is 13.6 Å². The van der Waals surface area contributed by atoms with Crippen molar-refractivity contribution in [2.24, 2.45) is 11.8 Å². The summed E-state index contributed by atoms with van der Waals surface area (Å²) in [6.45, 7) is 2.12. The molecule has 108 valence electrons. The van der Waals surface area contributed by atoms with Crippen molar-refractivity contribution in [1.29, 1.82) is 0 Å². The molecule has 0 saturated heterocycles. The van der Waals surface area contributed by atoms with E-state index < -0.39 is 11.6 Å². The van der Waals surface area contributed by atoms with Crippen LogP contribution in [0, 0.1) is 23.5 Å². The number of carbonyl (C=O) groups is 1. The van der Waals surface area contributed by atoms with Gasteiger partial charge in [-0.15, -0.1) is 0 Å². The molecule has 1 aromatic carbocycles. The van der Waals surface area contributed by atoms with Crippen LogP contribution in [0.4, 0.5) is 8.78 Å². The molecule has 0 radical (unpaired) electrons. The Bertz CT molecular complexity index is 495. The monoisotopic (exact) mass is 279 g/mol. The molecule has 0 amide bonds. The van der Waals surface area contributed by atoms with Gasteiger partial charge in [-0.25, -0.2) is 8.78 Å². The summed E-state index contributed by atoms with van der Waals surface area (Å²) in [7, 11) is 0. The molecule has 1 aromatic rings. The molecule has 0 heterocycles. The van der Waals surface area contributed by atoms with Crippen LogP contribution in [0.1, 0.15) is 36.0 Å². The number of Topliss-reactive ketones (excluding diaryl/α,β-unsaturated/α-hetero) is 1. The largest absolute Gasteiger partial charge is 0.295 e. The maximum Gasteiger partial charge on any atom is 0.179 e. The highest BCUT2D eigenvalue weighted by Crippen LogP contribution is 2.33. The number of hydrogen-bond donors (Lipinski definition) is 0. The topological polar surface area (TPSA) is 20.3 Å². The molecule has 4 heteroatoms. The van der Waals surface area contributed by atoms with Gasteiger partial charge in [-0.3, -0.25) is 9.69 Å². The summed E-state index contributed by atoms with van der Waals surface area (Å²) < 4.78 is 26.5. The molecule has 0 aliphatic heterocycles. The van der Waals surface area contributed by atoms with Crippen molar-refractivity contribution in [3.8, 4) is 0 Å². The van der Waals surface area contributed by atoms with E-state index in [1.165, 1.54) is 31.7 Å². The molecule has 0 N–H and O–H groups in total. The number of benzene rings is 1. The molecule has 2 nitrogen and oxygen atoms in total. The first-order valence-electron chi connectivity index (χ1n) is 7.32. The Morgan fingerprint density at radius 3 is 2.20 bits per heavy atom. The zero-order valence-electron chi connectivity index (χ0n) is 11.4. The fourth-order valence-electron chi connectivity index (χ4n) is 2.54. The maximum absolute atomic E-state index is 13.6. The van der Waals surface area contributed by atoms with Gasteiger partial charge in [0.15, 0.2) is 5.78 Å². The van der Waals surface area contributed by atoms with Gasteiger partial charge in [-0.05, 0) is 49.7 Å². The van der Waals surface area contributed by atoms with Gasteiger partial charge in [-0.2, -0.15) is 0 Å². The van der Waals surface area contributed by atoms with Crippen molar-refractivity contribution in [3.05, 3.63) is 35.4 Å². The quantitative estimate of drug-likeness (QED) is 0.714. The van der Waals surface area contributed by atoms with E-state index in [9.17, 15) is 13.6 Å². The molecular formula is C16H19F2NO.